The van der Waals surface area contributed by atoms with Gasteiger partial charge in [-0.3, -0.25) is 0 Å². The van der Waals surface area contributed by atoms with Crippen molar-refractivity contribution in [2.45, 2.75) is 33.3 Å². The van der Waals surface area contributed by atoms with E-state index >= 15 is 0 Å². The molecule has 1 aromatic heterocycles. The van der Waals surface area contributed by atoms with Gasteiger partial charge in [0.2, 0.25) is 0 Å². The molecule has 0 bridgehead atoms. The SMILES string of the molecule is CCOC(=O)c1sc(N)c(C#N)c1COC(=O)COc1ccccc1C(C)C. The molecule has 2 N–H and O–H groups in total. The summed E-state index contributed by atoms with van der Waals surface area (Å²) in [6.07, 6.45) is 0. The number of carbonyl (C=O) groups excluding carboxylic acids is 2. The molecule has 0 amide bonds. The van der Waals surface area contributed by atoms with Crippen molar-refractivity contribution in [3.63, 3.8) is 0 Å². The summed E-state index contributed by atoms with van der Waals surface area (Å²) >= 11 is 0.939. The lowest BCUT2D eigenvalue weighted by molar-refractivity contribution is -0.147. The Morgan fingerprint density at radius 3 is 2.61 bits per heavy atom. The second kappa shape index (κ2) is 9.76. The van der Waals surface area contributed by atoms with E-state index in [4.69, 9.17) is 19.9 Å². The predicted octanol–water partition coefficient (Wildman–Crippen LogP) is 3.62. The minimum absolute atomic E-state index is 0.118. The fourth-order valence-electron chi connectivity index (χ4n) is 2.53. The molecule has 28 heavy (non-hydrogen) atoms. The Labute approximate surface area is 167 Å². The number of thiophene rings is 1. The van der Waals surface area contributed by atoms with Crippen LogP contribution in [0.2, 0.25) is 0 Å². The fourth-order valence-corrected chi connectivity index (χ4v) is 3.44. The minimum atomic E-state index is -0.623. The number of anilines is 1. The van der Waals surface area contributed by atoms with Crippen LogP contribution in [0.1, 0.15) is 53.1 Å². The zero-order valence-electron chi connectivity index (χ0n) is 16.0. The van der Waals surface area contributed by atoms with E-state index in [-0.39, 0.29) is 46.7 Å². The van der Waals surface area contributed by atoms with Gasteiger partial charge in [-0.25, -0.2) is 9.59 Å². The van der Waals surface area contributed by atoms with Crippen LogP contribution >= 0.6 is 11.3 Å². The van der Waals surface area contributed by atoms with E-state index in [9.17, 15) is 14.9 Å². The molecule has 0 aliphatic carbocycles. The summed E-state index contributed by atoms with van der Waals surface area (Å²) in [5.74, 6) is -0.374. The number of hydrogen-bond donors (Lipinski definition) is 1. The van der Waals surface area contributed by atoms with Gasteiger partial charge in [0.1, 0.15) is 28.3 Å². The number of nitrogen functional groups attached to an aromatic ring is 1. The molecule has 7 nitrogen and oxygen atoms in total. The van der Waals surface area contributed by atoms with Crippen molar-refractivity contribution in [2.75, 3.05) is 18.9 Å². The highest BCUT2D eigenvalue weighted by Gasteiger charge is 2.24. The Kier molecular flexibility index (Phi) is 7.41. The molecule has 0 saturated carbocycles. The first-order valence-electron chi connectivity index (χ1n) is 8.74. The molecule has 1 heterocycles. The van der Waals surface area contributed by atoms with Crippen LogP contribution in [0.15, 0.2) is 24.3 Å². The normalized spacial score (nSPS) is 10.4. The van der Waals surface area contributed by atoms with Crippen molar-refractivity contribution in [3.05, 3.63) is 45.8 Å². The maximum Gasteiger partial charge on any atom is 0.348 e. The lowest BCUT2D eigenvalue weighted by Gasteiger charge is -2.13. The number of para-hydroxylation sites is 1. The molecule has 0 aliphatic rings. The topological polar surface area (TPSA) is 112 Å². The molecule has 0 radical (unpaired) electrons. The third-order valence-corrected chi connectivity index (χ3v) is 4.91. The van der Waals surface area contributed by atoms with Crippen molar-refractivity contribution in [3.8, 4) is 11.8 Å². The minimum Gasteiger partial charge on any atom is -0.482 e. The molecule has 0 unspecified atom stereocenters. The molecular weight excluding hydrogens is 380 g/mol. The van der Waals surface area contributed by atoms with Crippen molar-refractivity contribution in [1.29, 1.82) is 5.26 Å². The average Bonchev–Trinajstić information content (AvgIpc) is 3.00. The van der Waals surface area contributed by atoms with E-state index in [1.165, 1.54) is 0 Å². The van der Waals surface area contributed by atoms with Gasteiger partial charge in [0.15, 0.2) is 6.61 Å². The zero-order valence-corrected chi connectivity index (χ0v) is 16.8. The van der Waals surface area contributed by atoms with E-state index in [0.717, 1.165) is 16.9 Å². The number of nitriles is 1. The van der Waals surface area contributed by atoms with E-state index in [0.29, 0.717) is 5.75 Å². The van der Waals surface area contributed by atoms with Crippen molar-refractivity contribution in [2.24, 2.45) is 0 Å². The van der Waals surface area contributed by atoms with Crippen LogP contribution in [0, 0.1) is 11.3 Å². The summed E-state index contributed by atoms with van der Waals surface area (Å²) in [5.41, 5.74) is 7.15. The Morgan fingerprint density at radius 2 is 1.96 bits per heavy atom. The highest BCUT2D eigenvalue weighted by molar-refractivity contribution is 7.18. The number of rotatable bonds is 8. The van der Waals surface area contributed by atoms with Crippen LogP contribution in [-0.4, -0.2) is 25.2 Å². The Morgan fingerprint density at radius 1 is 1.25 bits per heavy atom. The quantitative estimate of drug-likeness (QED) is 0.671. The molecule has 2 rings (SSSR count). The third-order valence-electron chi connectivity index (χ3n) is 3.87. The largest absolute Gasteiger partial charge is 0.482 e. The highest BCUT2D eigenvalue weighted by atomic mass is 32.1. The van der Waals surface area contributed by atoms with E-state index < -0.39 is 11.9 Å². The summed E-state index contributed by atoms with van der Waals surface area (Å²) in [6, 6.07) is 9.39. The number of hydrogen-bond acceptors (Lipinski definition) is 8. The number of carbonyl (C=O) groups is 2. The smallest absolute Gasteiger partial charge is 0.348 e. The maximum absolute atomic E-state index is 12.1. The summed E-state index contributed by atoms with van der Waals surface area (Å²) in [6.45, 7) is 5.36. The lowest BCUT2D eigenvalue weighted by Crippen LogP contribution is -2.16. The van der Waals surface area contributed by atoms with Crippen LogP contribution in [0.4, 0.5) is 5.00 Å². The highest BCUT2D eigenvalue weighted by Crippen LogP contribution is 2.32. The molecule has 148 valence electrons. The predicted molar refractivity (Wildman–Crippen MR) is 105 cm³/mol. The molecule has 0 aliphatic heterocycles. The summed E-state index contributed by atoms with van der Waals surface area (Å²) < 4.78 is 15.7. The van der Waals surface area contributed by atoms with Crippen LogP contribution in [0.5, 0.6) is 5.75 Å². The maximum atomic E-state index is 12.1. The summed E-state index contributed by atoms with van der Waals surface area (Å²) in [7, 11) is 0. The molecule has 8 heteroatoms. The van der Waals surface area contributed by atoms with Crippen LogP contribution in [0.25, 0.3) is 0 Å². The molecule has 1 aromatic carbocycles. The molecule has 0 fully saturated rings. The van der Waals surface area contributed by atoms with Gasteiger partial charge in [0.25, 0.3) is 0 Å². The van der Waals surface area contributed by atoms with E-state index in [1.54, 1.807) is 13.0 Å². The zero-order chi connectivity index (χ0) is 20.7. The van der Waals surface area contributed by atoms with E-state index in [2.05, 4.69) is 0 Å². The lowest BCUT2D eigenvalue weighted by atomic mass is 10.0. The molecule has 0 saturated heterocycles. The Bertz CT molecular complexity index is 898. The van der Waals surface area contributed by atoms with Crippen molar-refractivity contribution in [1.82, 2.24) is 0 Å². The van der Waals surface area contributed by atoms with Crippen LogP contribution in [0.3, 0.4) is 0 Å². The van der Waals surface area contributed by atoms with Crippen molar-refractivity contribution < 1.29 is 23.8 Å². The monoisotopic (exact) mass is 402 g/mol. The Balaban J connectivity index is 2.05. The summed E-state index contributed by atoms with van der Waals surface area (Å²) in [4.78, 5) is 24.3. The Hall–Kier alpha value is -3.05. The first-order valence-corrected chi connectivity index (χ1v) is 9.56. The number of esters is 2. The molecule has 0 atom stereocenters. The van der Waals surface area contributed by atoms with Crippen LogP contribution < -0.4 is 10.5 Å². The molecule has 2 aromatic rings. The third kappa shape index (κ3) is 5.02. The van der Waals surface area contributed by atoms with Gasteiger partial charge in [-0.05, 0) is 24.5 Å². The van der Waals surface area contributed by atoms with Gasteiger partial charge < -0.3 is 19.9 Å². The fraction of sp³-hybridized carbons (Fsp3) is 0.350. The number of nitrogens with two attached hydrogens (primary N) is 1. The summed E-state index contributed by atoms with van der Waals surface area (Å²) in [5, 5.41) is 9.46. The van der Waals surface area contributed by atoms with Gasteiger partial charge in [-0.2, -0.15) is 5.26 Å². The van der Waals surface area contributed by atoms with Gasteiger partial charge in [0.05, 0.1) is 12.2 Å². The van der Waals surface area contributed by atoms with Gasteiger partial charge in [-0.15, -0.1) is 11.3 Å². The average molecular weight is 402 g/mol. The first-order chi connectivity index (χ1) is 13.4. The standard InChI is InChI=1S/C20H22N2O5S/c1-4-25-20(24)18-15(14(9-21)19(22)28-18)10-27-17(23)11-26-16-8-6-5-7-13(16)12(2)3/h5-8,12H,4,10-11,22H2,1-3H3. The van der Waals surface area contributed by atoms with Gasteiger partial charge in [-0.1, -0.05) is 32.0 Å². The number of ether oxygens (including phenoxy) is 3. The second-order valence-electron chi connectivity index (χ2n) is 6.12. The molecular formula is C20H22N2O5S. The van der Waals surface area contributed by atoms with E-state index in [1.807, 2.05) is 38.1 Å². The first kappa shape index (κ1) is 21.3. The van der Waals surface area contributed by atoms with Gasteiger partial charge in [0, 0.05) is 5.56 Å². The number of benzene rings is 1. The van der Waals surface area contributed by atoms with Crippen molar-refractivity contribution >= 4 is 28.3 Å². The second-order valence-corrected chi connectivity index (χ2v) is 7.18. The molecule has 0 spiro atoms. The number of nitrogens with zero attached hydrogens (tertiary/aromatic N) is 1. The van der Waals surface area contributed by atoms with Crippen LogP contribution in [-0.2, 0) is 20.9 Å². The van der Waals surface area contributed by atoms with Gasteiger partial charge >= 0.3 is 11.9 Å².